The van der Waals surface area contributed by atoms with E-state index in [4.69, 9.17) is 10.1 Å². The quantitative estimate of drug-likeness (QED) is 0.481. The number of ether oxygens (including phenoxy) is 1. The van der Waals surface area contributed by atoms with E-state index < -0.39 is 23.4 Å². The van der Waals surface area contributed by atoms with Gasteiger partial charge in [-0.1, -0.05) is 18.2 Å². The molecule has 2 rings (SSSR count). The summed E-state index contributed by atoms with van der Waals surface area (Å²) in [7, 11) is 5.21. The Labute approximate surface area is 190 Å². The van der Waals surface area contributed by atoms with Crippen molar-refractivity contribution in [1.29, 1.82) is 5.41 Å². The molecule has 0 aliphatic rings. The minimum Gasteiger partial charge on any atom is -0.458 e. The van der Waals surface area contributed by atoms with Crippen LogP contribution in [-0.4, -0.2) is 65.6 Å². The summed E-state index contributed by atoms with van der Waals surface area (Å²) in [5.41, 5.74) is 1.99. The summed E-state index contributed by atoms with van der Waals surface area (Å²) in [5, 5.41) is 11.0. The maximum Gasteiger partial charge on any atom is 0.329 e. The van der Waals surface area contributed by atoms with Gasteiger partial charge in [0.15, 0.2) is 5.78 Å². The number of carbonyl (C=O) groups is 3. The molecule has 1 aromatic carbocycles. The number of carbonyl (C=O) groups excluding carboxylic acids is 3. The Bertz CT molecular complexity index is 907. The second-order valence-corrected chi connectivity index (χ2v) is 8.67. The fraction of sp³-hybridized carbons (Fsp3) is 0.500. The molecule has 0 saturated carbocycles. The molecule has 0 fully saturated rings. The van der Waals surface area contributed by atoms with Gasteiger partial charge in [0.2, 0.25) is 5.91 Å². The van der Waals surface area contributed by atoms with Gasteiger partial charge >= 0.3 is 5.97 Å². The highest BCUT2D eigenvalue weighted by Gasteiger charge is 2.31. The van der Waals surface area contributed by atoms with Gasteiger partial charge in [-0.2, -0.15) is 0 Å². The third-order valence-electron chi connectivity index (χ3n) is 4.79. The van der Waals surface area contributed by atoms with E-state index in [1.165, 1.54) is 28.4 Å². The first kappa shape index (κ1) is 27.0. The molecular weight excluding hydrogens is 408 g/mol. The molecule has 2 N–H and O–H groups in total. The third kappa shape index (κ3) is 8.26. The minimum absolute atomic E-state index is 0.0184. The predicted octanol–water partition coefficient (Wildman–Crippen LogP) is 2.86. The number of aryl methyl sites for hydroxylation is 2. The number of nitrogens with one attached hydrogen (secondary N) is 2. The third-order valence-corrected chi connectivity index (χ3v) is 4.79. The summed E-state index contributed by atoms with van der Waals surface area (Å²) in [6.45, 7) is 7.44. The predicted molar refractivity (Wildman–Crippen MR) is 127 cm³/mol. The molecule has 0 spiro atoms. The minimum atomic E-state index is -0.839. The molecule has 0 radical (unpaired) electrons. The number of para-hydroxylation sites is 1. The Morgan fingerprint density at radius 1 is 1.25 bits per heavy atom. The van der Waals surface area contributed by atoms with E-state index in [1.54, 1.807) is 27.8 Å². The van der Waals surface area contributed by atoms with E-state index in [1.807, 2.05) is 0 Å². The number of benzene rings is 1. The van der Waals surface area contributed by atoms with Gasteiger partial charge in [-0.3, -0.25) is 9.59 Å². The smallest absolute Gasteiger partial charge is 0.329 e. The lowest BCUT2D eigenvalue weighted by Crippen LogP contribution is -2.47. The van der Waals surface area contributed by atoms with Gasteiger partial charge in [0, 0.05) is 37.6 Å². The summed E-state index contributed by atoms with van der Waals surface area (Å²) in [5.74, 6) is -1.21. The van der Waals surface area contributed by atoms with Gasteiger partial charge in [0.05, 0.1) is 12.8 Å². The molecule has 0 aliphatic carbocycles. The Morgan fingerprint density at radius 3 is 2.41 bits per heavy atom. The number of fused-ring (bicyclic) bond motifs is 1. The number of hydrogen-bond donors (Lipinski definition) is 2. The summed E-state index contributed by atoms with van der Waals surface area (Å²) in [6, 6.07) is 7.61. The van der Waals surface area contributed by atoms with E-state index >= 15 is 0 Å². The number of rotatable bonds is 8. The van der Waals surface area contributed by atoms with Gasteiger partial charge < -0.3 is 24.9 Å². The first-order chi connectivity index (χ1) is 14.9. The lowest BCUT2D eigenvalue weighted by Gasteiger charge is -2.29. The fourth-order valence-electron chi connectivity index (χ4n) is 3.18. The number of amides is 1. The standard InChI is InChI=1S/C14H25N3O4.C10H11N/c1-14(2,3)21-13(20)11(7-6-10(18)8-15)17(5)12(19)9-16-4;1-8-7-11(2)10-6-4-3-5-9(8)10/h8,11,15-16H,6-7,9H2,1-5H3;3-7H,1-2H3. The second kappa shape index (κ2) is 12.1. The molecule has 1 atom stereocenters. The Hall–Kier alpha value is -3.00. The molecule has 176 valence electrons. The van der Waals surface area contributed by atoms with Crippen LogP contribution in [0, 0.1) is 12.3 Å². The highest BCUT2D eigenvalue weighted by Crippen LogP contribution is 2.18. The van der Waals surface area contributed by atoms with Crippen LogP contribution < -0.4 is 5.32 Å². The molecule has 32 heavy (non-hydrogen) atoms. The number of aromatic nitrogens is 1. The first-order valence-electron chi connectivity index (χ1n) is 10.6. The summed E-state index contributed by atoms with van der Waals surface area (Å²) in [4.78, 5) is 36.6. The molecule has 1 amide bonds. The lowest BCUT2D eigenvalue weighted by atomic mass is 10.1. The largest absolute Gasteiger partial charge is 0.458 e. The zero-order valence-electron chi connectivity index (χ0n) is 20.2. The molecule has 1 aromatic heterocycles. The van der Waals surface area contributed by atoms with Crippen molar-refractivity contribution < 1.29 is 19.1 Å². The van der Waals surface area contributed by atoms with Gasteiger partial charge in [-0.15, -0.1) is 0 Å². The SMILES string of the molecule is CNCC(=O)N(C)C(CCC(=O)C=N)C(=O)OC(C)(C)C.Cc1cn(C)c2ccccc12. The second-order valence-electron chi connectivity index (χ2n) is 8.67. The van der Waals surface area contributed by atoms with Crippen LogP contribution in [0.15, 0.2) is 30.5 Å². The van der Waals surface area contributed by atoms with Crippen molar-refractivity contribution in [3.63, 3.8) is 0 Å². The van der Waals surface area contributed by atoms with Gasteiger partial charge in [-0.05, 0) is 52.8 Å². The van der Waals surface area contributed by atoms with E-state index in [9.17, 15) is 14.4 Å². The van der Waals surface area contributed by atoms with Crippen LogP contribution in [0.1, 0.15) is 39.2 Å². The number of esters is 1. The molecule has 1 heterocycles. The highest BCUT2D eigenvalue weighted by molar-refractivity contribution is 6.26. The average Bonchev–Trinajstić information content (AvgIpc) is 3.01. The molecule has 1 unspecified atom stereocenters. The Balaban J connectivity index is 0.000000382. The van der Waals surface area contributed by atoms with E-state index in [2.05, 4.69) is 54.3 Å². The number of likely N-dealkylation sites (N-methyl/N-ethyl adjacent to an activating group) is 2. The lowest BCUT2D eigenvalue weighted by molar-refractivity contribution is -0.164. The first-order valence-corrected chi connectivity index (χ1v) is 10.6. The van der Waals surface area contributed by atoms with Crippen molar-refractivity contribution >= 4 is 34.8 Å². The highest BCUT2D eigenvalue weighted by atomic mass is 16.6. The molecule has 0 bridgehead atoms. The number of ketones is 1. The van der Waals surface area contributed by atoms with Crippen LogP contribution in [0.2, 0.25) is 0 Å². The molecule has 8 nitrogen and oxygen atoms in total. The zero-order chi connectivity index (χ0) is 24.5. The normalized spacial score (nSPS) is 11.8. The van der Waals surface area contributed by atoms with Crippen molar-refractivity contribution in [2.75, 3.05) is 20.6 Å². The van der Waals surface area contributed by atoms with Crippen LogP contribution in [0.5, 0.6) is 0 Å². The average molecular weight is 445 g/mol. The summed E-state index contributed by atoms with van der Waals surface area (Å²) in [6.07, 6.45) is 3.02. The molecule has 8 heteroatoms. The van der Waals surface area contributed by atoms with Crippen LogP contribution in [0.3, 0.4) is 0 Å². The van der Waals surface area contributed by atoms with E-state index in [-0.39, 0.29) is 25.3 Å². The van der Waals surface area contributed by atoms with Crippen LogP contribution in [0.4, 0.5) is 0 Å². The molecule has 0 saturated heterocycles. The molecular formula is C24H36N4O4. The number of nitrogens with zero attached hydrogens (tertiary/aromatic N) is 2. The Kier molecular flexibility index (Phi) is 10.3. The van der Waals surface area contributed by atoms with Crippen molar-refractivity contribution in [2.45, 2.75) is 52.2 Å². The van der Waals surface area contributed by atoms with Crippen molar-refractivity contribution in [3.8, 4) is 0 Å². The molecule has 2 aromatic rings. The fourth-order valence-corrected chi connectivity index (χ4v) is 3.18. The van der Waals surface area contributed by atoms with Crippen LogP contribution in [0.25, 0.3) is 10.9 Å². The van der Waals surface area contributed by atoms with Gasteiger partial charge in [0.1, 0.15) is 11.6 Å². The Morgan fingerprint density at radius 2 is 1.88 bits per heavy atom. The molecule has 0 aliphatic heterocycles. The maximum absolute atomic E-state index is 12.2. The zero-order valence-corrected chi connectivity index (χ0v) is 20.2. The topological polar surface area (TPSA) is 104 Å². The van der Waals surface area contributed by atoms with Crippen molar-refractivity contribution in [1.82, 2.24) is 14.8 Å². The van der Waals surface area contributed by atoms with Gasteiger partial charge in [-0.25, -0.2) is 4.79 Å². The van der Waals surface area contributed by atoms with Crippen molar-refractivity contribution in [3.05, 3.63) is 36.0 Å². The van der Waals surface area contributed by atoms with Crippen LogP contribution >= 0.6 is 0 Å². The van der Waals surface area contributed by atoms with E-state index in [0.29, 0.717) is 6.21 Å². The number of Topliss-reactive ketones (excluding diaryl/α,β-unsaturated/α-hetero) is 1. The van der Waals surface area contributed by atoms with Crippen LogP contribution in [-0.2, 0) is 26.2 Å². The summed E-state index contributed by atoms with van der Waals surface area (Å²) >= 11 is 0. The monoisotopic (exact) mass is 444 g/mol. The maximum atomic E-state index is 12.2. The van der Waals surface area contributed by atoms with E-state index in [0.717, 1.165) is 0 Å². The summed E-state index contributed by atoms with van der Waals surface area (Å²) < 4.78 is 7.45. The van der Waals surface area contributed by atoms with Crippen molar-refractivity contribution in [2.24, 2.45) is 7.05 Å². The number of hydrogen-bond acceptors (Lipinski definition) is 6. The van der Waals surface area contributed by atoms with Gasteiger partial charge in [0.25, 0.3) is 0 Å².